The van der Waals surface area contributed by atoms with Crippen LogP contribution in [0.15, 0.2) is 0 Å². The van der Waals surface area contributed by atoms with Crippen LogP contribution in [0.1, 0.15) is 36.4 Å². The zero-order valence-corrected chi connectivity index (χ0v) is 10.3. The van der Waals surface area contributed by atoms with Crippen LogP contribution in [0.3, 0.4) is 0 Å². The third kappa shape index (κ3) is 2.40. The van der Waals surface area contributed by atoms with E-state index in [1.54, 1.807) is 0 Å². The topological polar surface area (TPSA) is 73.1 Å². The summed E-state index contributed by atoms with van der Waals surface area (Å²) in [5.41, 5.74) is 3.99. The third-order valence-electron chi connectivity index (χ3n) is 3.12. The van der Waals surface area contributed by atoms with Gasteiger partial charge in [-0.25, -0.2) is 0 Å². The Hall–Kier alpha value is -0.560. The van der Waals surface area contributed by atoms with Gasteiger partial charge in [-0.15, -0.1) is 5.10 Å². The zero-order chi connectivity index (χ0) is 11.4. The van der Waals surface area contributed by atoms with Gasteiger partial charge in [0, 0.05) is 13.2 Å². The van der Waals surface area contributed by atoms with Crippen molar-refractivity contribution < 1.29 is 4.74 Å². The number of hydrazine groups is 1. The van der Waals surface area contributed by atoms with E-state index in [0.29, 0.717) is 5.92 Å². The molecule has 1 unspecified atom stereocenters. The zero-order valence-electron chi connectivity index (χ0n) is 9.48. The van der Waals surface area contributed by atoms with Crippen LogP contribution >= 0.6 is 11.5 Å². The molecule has 90 valence electrons. The van der Waals surface area contributed by atoms with Crippen LogP contribution < -0.4 is 11.3 Å². The number of rotatable bonds is 4. The van der Waals surface area contributed by atoms with Gasteiger partial charge in [-0.2, -0.15) is 0 Å². The predicted molar refractivity (Wildman–Crippen MR) is 62.9 cm³/mol. The van der Waals surface area contributed by atoms with E-state index >= 15 is 0 Å². The average molecular weight is 242 g/mol. The Kier molecular flexibility index (Phi) is 4.22. The first-order valence-electron chi connectivity index (χ1n) is 5.71. The van der Waals surface area contributed by atoms with Crippen molar-refractivity contribution in [3.05, 3.63) is 10.6 Å². The van der Waals surface area contributed by atoms with Crippen molar-refractivity contribution in [1.82, 2.24) is 15.0 Å². The minimum Gasteiger partial charge on any atom is -0.381 e. The molecule has 1 saturated heterocycles. The molecule has 3 N–H and O–H groups in total. The fraction of sp³-hybridized carbons (Fsp3) is 0.800. The summed E-state index contributed by atoms with van der Waals surface area (Å²) in [6.45, 7) is 3.75. The fourth-order valence-electron chi connectivity index (χ4n) is 2.17. The number of nitrogens with two attached hydrogens (primary N) is 1. The summed E-state index contributed by atoms with van der Waals surface area (Å²) < 4.78 is 9.39. The highest BCUT2D eigenvalue weighted by atomic mass is 32.1. The monoisotopic (exact) mass is 242 g/mol. The van der Waals surface area contributed by atoms with Gasteiger partial charge >= 0.3 is 0 Å². The number of nitrogens with zero attached hydrogens (tertiary/aromatic N) is 2. The van der Waals surface area contributed by atoms with Crippen LogP contribution in [0.4, 0.5) is 0 Å². The Bertz CT molecular complexity index is 324. The second-order valence-electron chi connectivity index (χ2n) is 4.03. The molecule has 1 aliphatic rings. The molecule has 5 nitrogen and oxygen atoms in total. The van der Waals surface area contributed by atoms with Crippen molar-refractivity contribution in [3.63, 3.8) is 0 Å². The smallest absolute Gasteiger partial charge is 0.0801 e. The summed E-state index contributed by atoms with van der Waals surface area (Å²) in [4.78, 5) is 1.19. The molecule has 1 fully saturated rings. The van der Waals surface area contributed by atoms with Crippen LogP contribution in [0, 0.1) is 5.92 Å². The molecule has 1 atom stereocenters. The predicted octanol–water partition coefficient (Wildman–Crippen LogP) is 1.03. The van der Waals surface area contributed by atoms with Gasteiger partial charge < -0.3 is 4.74 Å². The minimum absolute atomic E-state index is 0.179. The van der Waals surface area contributed by atoms with Crippen molar-refractivity contribution >= 4 is 11.5 Å². The summed E-state index contributed by atoms with van der Waals surface area (Å²) >= 11 is 1.46. The molecule has 6 heteroatoms. The van der Waals surface area contributed by atoms with Gasteiger partial charge in [0.1, 0.15) is 0 Å². The van der Waals surface area contributed by atoms with Gasteiger partial charge in [0.05, 0.1) is 16.6 Å². The minimum atomic E-state index is 0.179. The molecule has 1 aromatic heterocycles. The highest BCUT2D eigenvalue weighted by Crippen LogP contribution is 2.32. The largest absolute Gasteiger partial charge is 0.381 e. The van der Waals surface area contributed by atoms with Crippen LogP contribution in [-0.2, 0) is 11.2 Å². The summed E-state index contributed by atoms with van der Waals surface area (Å²) in [6.07, 6.45) is 3.01. The van der Waals surface area contributed by atoms with Gasteiger partial charge in [0.15, 0.2) is 0 Å². The van der Waals surface area contributed by atoms with Gasteiger partial charge in [-0.3, -0.25) is 11.3 Å². The lowest BCUT2D eigenvalue weighted by molar-refractivity contribution is 0.0539. The van der Waals surface area contributed by atoms with Crippen LogP contribution in [0.25, 0.3) is 0 Å². The van der Waals surface area contributed by atoms with Crippen LogP contribution in [-0.4, -0.2) is 22.8 Å². The molecule has 0 aromatic carbocycles. The molecule has 2 heterocycles. The van der Waals surface area contributed by atoms with E-state index in [9.17, 15) is 0 Å². The Labute approximate surface area is 99.5 Å². The van der Waals surface area contributed by atoms with Gasteiger partial charge in [0.25, 0.3) is 0 Å². The number of nitrogens with one attached hydrogen (secondary N) is 1. The van der Waals surface area contributed by atoms with E-state index in [1.807, 2.05) is 0 Å². The Morgan fingerprint density at radius 3 is 2.94 bits per heavy atom. The molecular weight excluding hydrogens is 224 g/mol. The van der Waals surface area contributed by atoms with Crippen LogP contribution in [0.5, 0.6) is 0 Å². The third-order valence-corrected chi connectivity index (χ3v) is 3.97. The lowest BCUT2D eigenvalue weighted by atomic mass is 9.90. The molecule has 0 amide bonds. The summed E-state index contributed by atoms with van der Waals surface area (Å²) in [5.74, 6) is 6.21. The summed E-state index contributed by atoms with van der Waals surface area (Å²) in [5, 5.41) is 4.14. The number of ether oxygens (including phenoxy) is 1. The molecule has 0 spiro atoms. The van der Waals surface area contributed by atoms with E-state index in [0.717, 1.165) is 38.2 Å². The molecule has 0 saturated carbocycles. The maximum atomic E-state index is 5.68. The number of hydrogen-bond donors (Lipinski definition) is 2. The second kappa shape index (κ2) is 5.67. The maximum Gasteiger partial charge on any atom is 0.0801 e. The lowest BCUT2D eigenvalue weighted by Crippen LogP contribution is -2.36. The average Bonchev–Trinajstić information content (AvgIpc) is 2.80. The standard InChI is InChI=1S/C10H18N4OS/c1-2-8-10(16-14-13-8)9(12-11)7-3-5-15-6-4-7/h7,9,12H,2-6,11H2,1H3. The molecule has 16 heavy (non-hydrogen) atoms. The molecular formula is C10H18N4OS. The Morgan fingerprint density at radius 2 is 2.31 bits per heavy atom. The number of aromatic nitrogens is 2. The fourth-order valence-corrected chi connectivity index (χ4v) is 3.06. The van der Waals surface area contributed by atoms with Gasteiger partial charge in [0.2, 0.25) is 0 Å². The second-order valence-corrected chi connectivity index (χ2v) is 4.82. The molecule has 2 rings (SSSR count). The molecule has 1 aromatic rings. The molecule has 1 aliphatic heterocycles. The number of aryl methyl sites for hydroxylation is 1. The Morgan fingerprint density at radius 1 is 1.56 bits per heavy atom. The van der Waals surface area contributed by atoms with Crippen molar-refractivity contribution in [2.24, 2.45) is 11.8 Å². The highest BCUT2D eigenvalue weighted by molar-refractivity contribution is 7.05. The summed E-state index contributed by atoms with van der Waals surface area (Å²) in [7, 11) is 0. The van der Waals surface area contributed by atoms with E-state index < -0.39 is 0 Å². The van der Waals surface area contributed by atoms with E-state index in [4.69, 9.17) is 10.6 Å². The molecule has 0 aliphatic carbocycles. The first kappa shape index (κ1) is 11.9. The normalized spacial score (nSPS) is 19.9. The first-order valence-corrected chi connectivity index (χ1v) is 6.49. The quantitative estimate of drug-likeness (QED) is 0.609. The Balaban J connectivity index is 2.14. The van der Waals surface area contributed by atoms with Gasteiger partial charge in [-0.1, -0.05) is 11.4 Å². The van der Waals surface area contributed by atoms with E-state index in [-0.39, 0.29) is 6.04 Å². The lowest BCUT2D eigenvalue weighted by Gasteiger charge is -2.29. The number of hydrogen-bond acceptors (Lipinski definition) is 6. The summed E-state index contributed by atoms with van der Waals surface area (Å²) in [6, 6.07) is 0.179. The SMILES string of the molecule is CCc1nnsc1C(NN)C1CCOCC1. The highest BCUT2D eigenvalue weighted by Gasteiger charge is 2.28. The first-order chi connectivity index (χ1) is 7.86. The maximum absolute atomic E-state index is 5.68. The van der Waals surface area contributed by atoms with Crippen molar-refractivity contribution in [1.29, 1.82) is 0 Å². The van der Waals surface area contributed by atoms with Crippen LogP contribution in [0.2, 0.25) is 0 Å². The molecule has 0 radical (unpaired) electrons. The van der Waals surface area contributed by atoms with Crippen molar-refractivity contribution in [3.8, 4) is 0 Å². The van der Waals surface area contributed by atoms with E-state index in [1.165, 1.54) is 16.4 Å². The van der Waals surface area contributed by atoms with Crippen molar-refractivity contribution in [2.45, 2.75) is 32.2 Å². The van der Waals surface area contributed by atoms with Gasteiger partial charge in [-0.05, 0) is 36.7 Å². The van der Waals surface area contributed by atoms with E-state index in [2.05, 4.69) is 21.9 Å². The van der Waals surface area contributed by atoms with Crippen molar-refractivity contribution in [2.75, 3.05) is 13.2 Å². The molecule has 0 bridgehead atoms.